The SMILES string of the molecule is CCC1CCC(NC(=O)C(=O)Nc2ccccc2C(=O)NCc2ccccc2)CC1. The van der Waals surface area contributed by atoms with Crippen molar-refractivity contribution >= 4 is 23.4 Å². The van der Waals surface area contributed by atoms with Crippen LogP contribution in [-0.4, -0.2) is 23.8 Å². The van der Waals surface area contributed by atoms with Gasteiger partial charge in [-0.1, -0.05) is 55.8 Å². The van der Waals surface area contributed by atoms with Crippen LogP contribution < -0.4 is 16.0 Å². The van der Waals surface area contributed by atoms with Crippen molar-refractivity contribution in [2.75, 3.05) is 5.32 Å². The zero-order valence-electron chi connectivity index (χ0n) is 17.3. The van der Waals surface area contributed by atoms with Crippen molar-refractivity contribution in [2.24, 2.45) is 5.92 Å². The van der Waals surface area contributed by atoms with Crippen LogP contribution in [0.3, 0.4) is 0 Å². The summed E-state index contributed by atoms with van der Waals surface area (Å²) in [4.78, 5) is 37.3. The lowest BCUT2D eigenvalue weighted by molar-refractivity contribution is -0.136. The van der Waals surface area contributed by atoms with Crippen LogP contribution >= 0.6 is 0 Å². The number of anilines is 1. The van der Waals surface area contributed by atoms with Gasteiger partial charge < -0.3 is 16.0 Å². The molecule has 6 nitrogen and oxygen atoms in total. The van der Waals surface area contributed by atoms with E-state index in [0.29, 0.717) is 23.7 Å². The van der Waals surface area contributed by atoms with Gasteiger partial charge in [0, 0.05) is 12.6 Å². The Balaban J connectivity index is 1.56. The quantitative estimate of drug-likeness (QED) is 0.639. The number of hydrogen-bond donors (Lipinski definition) is 3. The number of rotatable bonds is 6. The Morgan fingerprint density at radius 2 is 1.53 bits per heavy atom. The fraction of sp³-hybridized carbons (Fsp3) is 0.375. The van der Waals surface area contributed by atoms with E-state index >= 15 is 0 Å². The van der Waals surface area contributed by atoms with Crippen LogP contribution in [0.1, 0.15) is 54.9 Å². The van der Waals surface area contributed by atoms with Gasteiger partial charge in [-0.05, 0) is 49.3 Å². The highest BCUT2D eigenvalue weighted by molar-refractivity contribution is 6.40. The van der Waals surface area contributed by atoms with Gasteiger partial charge in [0.25, 0.3) is 5.91 Å². The van der Waals surface area contributed by atoms with Gasteiger partial charge in [-0.25, -0.2) is 0 Å². The molecule has 0 saturated heterocycles. The largest absolute Gasteiger partial charge is 0.348 e. The summed E-state index contributed by atoms with van der Waals surface area (Å²) >= 11 is 0. The fourth-order valence-electron chi connectivity index (χ4n) is 3.81. The maximum absolute atomic E-state index is 12.6. The zero-order valence-corrected chi connectivity index (χ0v) is 17.3. The Kier molecular flexibility index (Phi) is 7.60. The number of hydrogen-bond acceptors (Lipinski definition) is 3. The Labute approximate surface area is 177 Å². The Morgan fingerprint density at radius 1 is 0.867 bits per heavy atom. The van der Waals surface area contributed by atoms with Crippen LogP contribution in [0, 0.1) is 5.92 Å². The van der Waals surface area contributed by atoms with Crippen molar-refractivity contribution in [3.05, 3.63) is 65.7 Å². The van der Waals surface area contributed by atoms with Crippen LogP contribution in [0.15, 0.2) is 54.6 Å². The molecule has 0 spiro atoms. The highest BCUT2D eigenvalue weighted by atomic mass is 16.2. The summed E-state index contributed by atoms with van der Waals surface area (Å²) in [6.45, 7) is 2.56. The molecule has 0 radical (unpaired) electrons. The van der Waals surface area contributed by atoms with Gasteiger partial charge in [-0.15, -0.1) is 0 Å². The lowest BCUT2D eigenvalue weighted by Crippen LogP contribution is -2.43. The molecule has 3 amide bonds. The van der Waals surface area contributed by atoms with E-state index in [2.05, 4.69) is 22.9 Å². The molecule has 0 aromatic heterocycles. The van der Waals surface area contributed by atoms with Crippen LogP contribution in [0.5, 0.6) is 0 Å². The van der Waals surface area contributed by atoms with E-state index in [9.17, 15) is 14.4 Å². The summed E-state index contributed by atoms with van der Waals surface area (Å²) in [7, 11) is 0. The van der Waals surface area contributed by atoms with Crippen LogP contribution in [0.2, 0.25) is 0 Å². The number of carbonyl (C=O) groups excluding carboxylic acids is 3. The smallest absolute Gasteiger partial charge is 0.313 e. The molecular formula is C24H29N3O3. The van der Waals surface area contributed by atoms with Gasteiger partial charge in [0.2, 0.25) is 0 Å². The molecule has 0 unspecified atom stereocenters. The predicted octanol–water partition coefficient (Wildman–Crippen LogP) is 3.64. The molecule has 3 rings (SSSR count). The predicted molar refractivity (Wildman–Crippen MR) is 117 cm³/mol. The van der Waals surface area contributed by atoms with Crippen molar-refractivity contribution in [1.29, 1.82) is 0 Å². The second-order valence-electron chi connectivity index (χ2n) is 7.77. The molecule has 1 aliphatic carbocycles. The first-order chi connectivity index (χ1) is 14.6. The summed E-state index contributed by atoms with van der Waals surface area (Å²) in [5.41, 5.74) is 1.61. The average molecular weight is 408 g/mol. The molecule has 0 atom stereocenters. The first kappa shape index (κ1) is 21.6. The number of para-hydroxylation sites is 1. The fourth-order valence-corrected chi connectivity index (χ4v) is 3.81. The highest BCUT2D eigenvalue weighted by Gasteiger charge is 2.24. The molecule has 2 aromatic carbocycles. The lowest BCUT2D eigenvalue weighted by Gasteiger charge is -2.28. The van der Waals surface area contributed by atoms with Crippen LogP contribution in [0.25, 0.3) is 0 Å². The summed E-state index contributed by atoms with van der Waals surface area (Å²) in [6.07, 6.45) is 5.11. The van der Waals surface area contributed by atoms with E-state index in [1.54, 1.807) is 24.3 Å². The minimum Gasteiger partial charge on any atom is -0.348 e. The standard InChI is InChI=1S/C24H29N3O3/c1-2-17-12-14-19(15-13-17)26-23(29)24(30)27-21-11-7-6-10-20(21)22(28)25-16-18-8-4-3-5-9-18/h3-11,17,19H,2,12-16H2,1H3,(H,25,28)(H,26,29)(H,27,30). The van der Waals surface area contributed by atoms with Gasteiger partial charge in [0.05, 0.1) is 11.3 Å². The summed E-state index contributed by atoms with van der Waals surface area (Å²) in [5, 5.41) is 8.26. The van der Waals surface area contributed by atoms with E-state index in [1.165, 1.54) is 0 Å². The molecule has 0 heterocycles. The Morgan fingerprint density at radius 3 is 2.23 bits per heavy atom. The molecule has 1 saturated carbocycles. The molecule has 6 heteroatoms. The second-order valence-corrected chi connectivity index (χ2v) is 7.77. The maximum atomic E-state index is 12.6. The monoisotopic (exact) mass is 407 g/mol. The molecule has 1 aliphatic rings. The number of carbonyl (C=O) groups is 3. The Hall–Kier alpha value is -3.15. The van der Waals surface area contributed by atoms with Crippen LogP contribution in [0.4, 0.5) is 5.69 Å². The minimum atomic E-state index is -0.754. The van der Waals surface area contributed by atoms with E-state index in [1.807, 2.05) is 30.3 Å². The van der Waals surface area contributed by atoms with E-state index in [4.69, 9.17) is 0 Å². The van der Waals surface area contributed by atoms with Crippen molar-refractivity contribution < 1.29 is 14.4 Å². The summed E-state index contributed by atoms with van der Waals surface area (Å²) in [5.74, 6) is -1.01. The van der Waals surface area contributed by atoms with E-state index in [0.717, 1.165) is 37.7 Å². The molecule has 2 aromatic rings. The third-order valence-electron chi connectivity index (χ3n) is 5.68. The van der Waals surface area contributed by atoms with Gasteiger partial charge in [0.15, 0.2) is 0 Å². The Bertz CT molecular complexity index is 874. The molecule has 1 fully saturated rings. The molecule has 0 aliphatic heterocycles. The molecule has 158 valence electrons. The third-order valence-corrected chi connectivity index (χ3v) is 5.68. The molecule has 3 N–H and O–H groups in total. The van der Waals surface area contributed by atoms with Crippen molar-refractivity contribution in [3.63, 3.8) is 0 Å². The second kappa shape index (κ2) is 10.6. The third kappa shape index (κ3) is 5.92. The number of amides is 3. The van der Waals surface area contributed by atoms with Crippen LogP contribution in [-0.2, 0) is 16.1 Å². The number of benzene rings is 2. The average Bonchev–Trinajstić information content (AvgIpc) is 2.79. The highest BCUT2D eigenvalue weighted by Crippen LogP contribution is 2.26. The van der Waals surface area contributed by atoms with Gasteiger partial charge >= 0.3 is 11.8 Å². The van der Waals surface area contributed by atoms with E-state index in [-0.39, 0.29) is 11.9 Å². The minimum absolute atomic E-state index is 0.0375. The number of nitrogens with one attached hydrogen (secondary N) is 3. The van der Waals surface area contributed by atoms with Gasteiger partial charge in [0.1, 0.15) is 0 Å². The molecular weight excluding hydrogens is 378 g/mol. The molecule has 0 bridgehead atoms. The van der Waals surface area contributed by atoms with E-state index < -0.39 is 11.8 Å². The van der Waals surface area contributed by atoms with Crippen molar-refractivity contribution in [2.45, 2.75) is 51.6 Å². The zero-order chi connectivity index (χ0) is 21.3. The normalized spacial score (nSPS) is 18.3. The molecule has 30 heavy (non-hydrogen) atoms. The topological polar surface area (TPSA) is 87.3 Å². The van der Waals surface area contributed by atoms with Crippen molar-refractivity contribution in [3.8, 4) is 0 Å². The lowest BCUT2D eigenvalue weighted by atomic mass is 9.84. The first-order valence-corrected chi connectivity index (χ1v) is 10.6. The maximum Gasteiger partial charge on any atom is 0.313 e. The van der Waals surface area contributed by atoms with Crippen molar-refractivity contribution in [1.82, 2.24) is 10.6 Å². The van der Waals surface area contributed by atoms with Gasteiger partial charge in [-0.2, -0.15) is 0 Å². The van der Waals surface area contributed by atoms with Gasteiger partial charge in [-0.3, -0.25) is 14.4 Å². The summed E-state index contributed by atoms with van der Waals surface area (Å²) < 4.78 is 0. The first-order valence-electron chi connectivity index (χ1n) is 10.6. The summed E-state index contributed by atoms with van der Waals surface area (Å²) in [6, 6.07) is 16.3.